The summed E-state index contributed by atoms with van der Waals surface area (Å²) < 4.78 is 10.7. The van der Waals surface area contributed by atoms with E-state index in [4.69, 9.17) is 19.7 Å². The minimum atomic E-state index is -0.122. The average molecular weight is 861 g/mol. The summed E-state index contributed by atoms with van der Waals surface area (Å²) in [6.07, 6.45) is 5.67. The van der Waals surface area contributed by atoms with Crippen molar-refractivity contribution in [2.24, 2.45) is 0 Å². The molecule has 0 spiro atoms. The van der Waals surface area contributed by atoms with Crippen LogP contribution in [0.15, 0.2) is 128 Å². The Bertz CT molecular complexity index is 2540. The van der Waals surface area contributed by atoms with Gasteiger partial charge in [0, 0.05) is 52.3 Å². The van der Waals surface area contributed by atoms with Crippen LogP contribution >= 0.6 is 0 Å². The molecule has 0 saturated carbocycles. The summed E-state index contributed by atoms with van der Waals surface area (Å²) >= 11 is 0. The van der Waals surface area contributed by atoms with Gasteiger partial charge in [0.2, 0.25) is 5.95 Å². The van der Waals surface area contributed by atoms with E-state index >= 15 is 0 Å². The van der Waals surface area contributed by atoms with Gasteiger partial charge in [-0.05, 0) is 46.2 Å². The second kappa shape index (κ2) is 13.7. The van der Waals surface area contributed by atoms with Gasteiger partial charge in [-0.3, -0.25) is 4.98 Å². The quantitative estimate of drug-likeness (QED) is 0.156. The number of fused-ring (bicyclic) bond motifs is 3. The summed E-state index contributed by atoms with van der Waals surface area (Å²) in [4.78, 5) is 14.5. The molecule has 0 atom stereocenters. The van der Waals surface area contributed by atoms with Crippen LogP contribution in [-0.4, -0.2) is 24.1 Å². The van der Waals surface area contributed by atoms with Crippen LogP contribution < -0.4 is 4.74 Å². The van der Waals surface area contributed by atoms with Gasteiger partial charge < -0.3 is 13.9 Å². The summed E-state index contributed by atoms with van der Waals surface area (Å²) in [7, 11) is 0. The monoisotopic (exact) mass is 860 g/mol. The van der Waals surface area contributed by atoms with Crippen molar-refractivity contribution in [3.63, 3.8) is 0 Å². The van der Waals surface area contributed by atoms with Gasteiger partial charge >= 0.3 is 21.1 Å². The number of nitrogens with zero attached hydrogens (tertiary/aromatic N) is 5. The predicted octanol–water partition coefficient (Wildman–Crippen LogP) is 11.1. The van der Waals surface area contributed by atoms with E-state index in [1.165, 1.54) is 5.56 Å². The number of imidazole rings is 1. The van der Waals surface area contributed by atoms with Gasteiger partial charge in [-0.1, -0.05) is 108 Å². The molecule has 0 saturated heterocycles. The molecule has 0 radical (unpaired) electrons. The molecule has 0 N–H and O–H groups in total. The van der Waals surface area contributed by atoms with Gasteiger partial charge in [0.05, 0.1) is 11.5 Å². The Balaban J connectivity index is 0.00000420. The Kier molecular flexibility index (Phi) is 9.22. The first kappa shape index (κ1) is 35.1. The maximum absolute atomic E-state index is 6.48. The fourth-order valence-electron chi connectivity index (χ4n) is 6.53. The molecule has 8 rings (SSSR count). The molecule has 52 heavy (non-hydrogen) atoms. The number of para-hydroxylation sites is 1. The van der Waals surface area contributed by atoms with Gasteiger partial charge in [0.15, 0.2) is 0 Å². The smallest absolute Gasteiger partial charge is 0.503 e. The second-order valence-corrected chi connectivity index (χ2v) is 14.9. The molecule has 0 aliphatic heterocycles. The minimum Gasteiger partial charge on any atom is -0.503 e. The molecule has 0 amide bonds. The average Bonchev–Trinajstić information content (AvgIpc) is 3.74. The first-order valence-electron chi connectivity index (χ1n) is 17.3. The van der Waals surface area contributed by atoms with Crippen molar-refractivity contribution in [1.82, 2.24) is 24.1 Å². The Hall–Kier alpha value is -5.32. The standard InChI is InChI=1S/C45H39N5O.Pt/c1-44(2,3)32-19-22-38(37(28-32)30-13-8-7-9-14-30)49-26-25-46-42(49)31-15-12-16-33(27-31)51-34-20-21-36-35-17-10-11-18-39(35)50(40(36)29-34)43-47-24-23-41(48-43)45(4,5)6;/h7-26,28H,1-6H3;/q-2;+2. The predicted molar refractivity (Wildman–Crippen MR) is 206 cm³/mol. The number of hydrogen-bond donors (Lipinski definition) is 0. The summed E-state index contributed by atoms with van der Waals surface area (Å²) in [6.45, 7) is 13.2. The number of aromatic nitrogens is 5. The van der Waals surface area contributed by atoms with Gasteiger partial charge in [-0.2, -0.15) is 6.07 Å². The van der Waals surface area contributed by atoms with Crippen molar-refractivity contribution in [1.29, 1.82) is 0 Å². The summed E-state index contributed by atoms with van der Waals surface area (Å²) in [5.74, 6) is 2.52. The molecular weight excluding hydrogens is 822 g/mol. The van der Waals surface area contributed by atoms with E-state index in [1.807, 2.05) is 61.1 Å². The van der Waals surface area contributed by atoms with E-state index in [0.29, 0.717) is 17.4 Å². The fraction of sp³-hybridized carbons (Fsp3) is 0.178. The van der Waals surface area contributed by atoms with Crippen molar-refractivity contribution < 1.29 is 25.8 Å². The number of benzene rings is 5. The van der Waals surface area contributed by atoms with Crippen LogP contribution in [0, 0.1) is 12.1 Å². The first-order valence-corrected chi connectivity index (χ1v) is 17.3. The Morgan fingerprint density at radius 2 is 1.42 bits per heavy atom. The molecule has 6 nitrogen and oxygen atoms in total. The van der Waals surface area contributed by atoms with Gasteiger partial charge in [-0.15, -0.1) is 41.3 Å². The van der Waals surface area contributed by atoms with E-state index in [2.05, 4.69) is 130 Å². The Morgan fingerprint density at radius 3 is 2.21 bits per heavy atom. The van der Waals surface area contributed by atoms with Crippen molar-refractivity contribution >= 4 is 21.8 Å². The van der Waals surface area contributed by atoms with Crippen LogP contribution in [-0.2, 0) is 31.9 Å². The van der Waals surface area contributed by atoms with E-state index < -0.39 is 0 Å². The molecule has 0 aliphatic rings. The summed E-state index contributed by atoms with van der Waals surface area (Å²) in [5, 5.41) is 2.15. The van der Waals surface area contributed by atoms with Crippen LogP contribution in [0.3, 0.4) is 0 Å². The van der Waals surface area contributed by atoms with E-state index in [0.717, 1.165) is 55.7 Å². The third-order valence-electron chi connectivity index (χ3n) is 9.24. The molecule has 3 heterocycles. The SMILES string of the molecule is CC(C)(C)c1ccc(-n2ccnc2-c2[c-]c(Oc3[c-]c4c(cc3)c3ccccc3n4-c3nccc(C(C)(C)C)n3)ccc2)c(-c2ccccc2)c1.[Pt+2]. The molecule has 5 aromatic carbocycles. The largest absolute Gasteiger partial charge is 2.00 e. The maximum atomic E-state index is 6.48. The zero-order valence-corrected chi connectivity index (χ0v) is 32.4. The summed E-state index contributed by atoms with van der Waals surface area (Å²) in [5.41, 5.74) is 8.15. The van der Waals surface area contributed by atoms with Gasteiger partial charge in [0.1, 0.15) is 0 Å². The normalized spacial score (nSPS) is 11.9. The zero-order chi connectivity index (χ0) is 35.3. The van der Waals surface area contributed by atoms with Crippen LogP contribution in [0.25, 0.3) is 56.0 Å². The van der Waals surface area contributed by atoms with Crippen molar-refractivity contribution in [2.45, 2.75) is 52.4 Å². The van der Waals surface area contributed by atoms with E-state index in [9.17, 15) is 0 Å². The Morgan fingerprint density at radius 1 is 0.654 bits per heavy atom. The first-order chi connectivity index (χ1) is 24.5. The third kappa shape index (κ3) is 6.60. The zero-order valence-electron chi connectivity index (χ0n) is 30.1. The van der Waals surface area contributed by atoms with Gasteiger partial charge in [-0.25, -0.2) is 9.97 Å². The molecule has 7 heteroatoms. The molecule has 0 unspecified atom stereocenters. The number of rotatable bonds is 6. The van der Waals surface area contributed by atoms with Crippen molar-refractivity contribution in [3.8, 4) is 45.6 Å². The van der Waals surface area contributed by atoms with Crippen LogP contribution in [0.5, 0.6) is 11.5 Å². The topological polar surface area (TPSA) is 57.8 Å². The molecule has 0 bridgehead atoms. The van der Waals surface area contributed by atoms with Crippen LogP contribution in [0.1, 0.15) is 52.8 Å². The number of ether oxygens (including phenoxy) is 1. The number of hydrogen-bond acceptors (Lipinski definition) is 4. The van der Waals surface area contributed by atoms with Crippen LogP contribution in [0.4, 0.5) is 0 Å². The van der Waals surface area contributed by atoms with Crippen molar-refractivity contribution in [2.75, 3.05) is 0 Å². The molecular formula is C45H39N5OPt. The maximum Gasteiger partial charge on any atom is 2.00 e. The van der Waals surface area contributed by atoms with Crippen molar-refractivity contribution in [3.05, 3.63) is 151 Å². The molecule has 0 aliphatic carbocycles. The molecule has 8 aromatic rings. The van der Waals surface area contributed by atoms with Crippen LogP contribution in [0.2, 0.25) is 0 Å². The van der Waals surface area contributed by atoms with E-state index in [-0.39, 0.29) is 31.9 Å². The molecule has 0 fully saturated rings. The minimum absolute atomic E-state index is 0. The third-order valence-corrected chi connectivity index (χ3v) is 9.24. The molecule has 260 valence electrons. The summed E-state index contributed by atoms with van der Waals surface area (Å²) in [6, 6.07) is 44.5. The molecule has 3 aromatic heterocycles. The fourth-order valence-corrected chi connectivity index (χ4v) is 6.53. The Labute approximate surface area is 319 Å². The van der Waals surface area contributed by atoms with Gasteiger partial charge in [0.25, 0.3) is 0 Å². The van der Waals surface area contributed by atoms with E-state index in [1.54, 1.807) is 0 Å². The second-order valence-electron chi connectivity index (χ2n) is 14.9.